The zero-order chi connectivity index (χ0) is 23.4. The highest BCUT2D eigenvalue weighted by atomic mass is 79.9. The summed E-state index contributed by atoms with van der Waals surface area (Å²) >= 11 is 7.20. The topological polar surface area (TPSA) is 62.3 Å². The van der Waals surface area contributed by atoms with Crippen LogP contribution in [-0.2, 0) is 6.54 Å². The van der Waals surface area contributed by atoms with Crippen molar-refractivity contribution in [2.75, 3.05) is 38.0 Å². The molecular formula is C26H35Br2N5O. The van der Waals surface area contributed by atoms with Gasteiger partial charge in [0, 0.05) is 53.1 Å². The molecular weight excluding hydrogens is 558 g/mol. The van der Waals surface area contributed by atoms with Crippen LogP contribution in [-0.4, -0.2) is 43.8 Å². The van der Waals surface area contributed by atoms with Gasteiger partial charge in [-0.3, -0.25) is 0 Å². The van der Waals surface area contributed by atoms with E-state index in [1.165, 1.54) is 25.7 Å². The third-order valence-electron chi connectivity index (χ3n) is 6.31. The first kappa shape index (κ1) is 26.7. The van der Waals surface area contributed by atoms with Crippen molar-refractivity contribution in [1.29, 1.82) is 0 Å². The van der Waals surface area contributed by atoms with Crippen LogP contribution in [0, 0.1) is 5.92 Å². The van der Waals surface area contributed by atoms with Crippen LogP contribution in [0.4, 0.5) is 11.8 Å². The lowest BCUT2D eigenvalue weighted by molar-refractivity contribution is 0.298. The highest BCUT2D eigenvalue weighted by Crippen LogP contribution is 2.32. The lowest BCUT2D eigenvalue weighted by Gasteiger charge is -2.29. The molecule has 0 unspecified atom stereocenters. The van der Waals surface area contributed by atoms with E-state index in [1.807, 2.05) is 43.3 Å². The molecule has 1 heterocycles. The first-order valence-electron chi connectivity index (χ1n) is 11.4. The Kier molecular flexibility index (Phi) is 9.56. The fourth-order valence-electron chi connectivity index (χ4n) is 4.47. The Hall–Kier alpha value is -1.90. The molecule has 2 N–H and O–H groups in total. The maximum absolute atomic E-state index is 5.56. The molecule has 0 amide bonds. The Morgan fingerprint density at radius 3 is 2.50 bits per heavy atom. The molecule has 4 rings (SSSR count). The molecule has 1 aromatic heterocycles. The van der Waals surface area contributed by atoms with E-state index in [2.05, 4.69) is 54.6 Å². The van der Waals surface area contributed by atoms with Gasteiger partial charge in [-0.25, -0.2) is 4.98 Å². The molecule has 1 aliphatic rings. The third kappa shape index (κ3) is 6.40. The van der Waals surface area contributed by atoms with E-state index in [4.69, 9.17) is 14.7 Å². The highest BCUT2D eigenvalue weighted by Gasteiger charge is 2.22. The second-order valence-electron chi connectivity index (χ2n) is 8.83. The van der Waals surface area contributed by atoms with Gasteiger partial charge in [-0.2, -0.15) is 4.98 Å². The Labute approximate surface area is 220 Å². The summed E-state index contributed by atoms with van der Waals surface area (Å²) in [6.07, 6.45) is 4.73. The van der Waals surface area contributed by atoms with Crippen LogP contribution in [0.1, 0.15) is 38.7 Å². The van der Waals surface area contributed by atoms with E-state index in [-0.39, 0.29) is 7.43 Å². The molecule has 0 aliphatic heterocycles. The molecule has 0 atom stereocenters. The van der Waals surface area contributed by atoms with Crippen molar-refractivity contribution in [2.24, 2.45) is 5.92 Å². The lowest BCUT2D eigenvalue weighted by Crippen LogP contribution is -2.34. The zero-order valence-electron chi connectivity index (χ0n) is 19.4. The van der Waals surface area contributed by atoms with Crippen LogP contribution < -0.4 is 20.3 Å². The number of halogens is 2. The van der Waals surface area contributed by atoms with Crippen molar-refractivity contribution < 1.29 is 4.74 Å². The SMILES string of the molecule is C.COc1cc(Br)cc(Br)c1CNC1CCC(CNc2nc(N(C)C)c3ccccc3n2)CC1. The predicted molar refractivity (Wildman–Crippen MR) is 150 cm³/mol. The Morgan fingerprint density at radius 1 is 1.06 bits per heavy atom. The number of anilines is 2. The van der Waals surface area contributed by atoms with E-state index < -0.39 is 0 Å². The van der Waals surface area contributed by atoms with Gasteiger partial charge < -0.3 is 20.3 Å². The van der Waals surface area contributed by atoms with Crippen molar-refractivity contribution in [1.82, 2.24) is 15.3 Å². The van der Waals surface area contributed by atoms with E-state index in [9.17, 15) is 0 Å². The average Bonchev–Trinajstić information content (AvgIpc) is 2.81. The van der Waals surface area contributed by atoms with Gasteiger partial charge in [0.05, 0.1) is 12.6 Å². The van der Waals surface area contributed by atoms with Crippen molar-refractivity contribution >= 4 is 54.5 Å². The van der Waals surface area contributed by atoms with Crippen molar-refractivity contribution in [3.05, 3.63) is 50.9 Å². The van der Waals surface area contributed by atoms with Gasteiger partial charge in [-0.05, 0) is 55.9 Å². The van der Waals surface area contributed by atoms with Crippen LogP contribution in [0.2, 0.25) is 0 Å². The van der Waals surface area contributed by atoms with E-state index in [0.29, 0.717) is 17.9 Å². The van der Waals surface area contributed by atoms with Gasteiger partial charge in [-0.1, -0.05) is 51.4 Å². The summed E-state index contributed by atoms with van der Waals surface area (Å²) < 4.78 is 7.64. The summed E-state index contributed by atoms with van der Waals surface area (Å²) in [5.41, 5.74) is 2.13. The molecule has 0 spiro atoms. The predicted octanol–water partition coefficient (Wildman–Crippen LogP) is 6.63. The number of hydrogen-bond donors (Lipinski definition) is 2. The van der Waals surface area contributed by atoms with Crippen LogP contribution in [0.5, 0.6) is 5.75 Å². The first-order valence-corrected chi connectivity index (χ1v) is 13.0. The summed E-state index contributed by atoms with van der Waals surface area (Å²) in [5.74, 6) is 3.19. The molecule has 1 aliphatic carbocycles. The second-order valence-corrected chi connectivity index (χ2v) is 10.6. The van der Waals surface area contributed by atoms with E-state index in [0.717, 1.165) is 50.1 Å². The second kappa shape index (κ2) is 12.2. The summed E-state index contributed by atoms with van der Waals surface area (Å²) in [4.78, 5) is 11.5. The molecule has 6 nitrogen and oxygen atoms in total. The maximum atomic E-state index is 5.56. The van der Waals surface area contributed by atoms with Gasteiger partial charge in [0.15, 0.2) is 0 Å². The average molecular weight is 593 g/mol. The van der Waals surface area contributed by atoms with Gasteiger partial charge >= 0.3 is 0 Å². The Balaban J connectivity index is 0.00000324. The van der Waals surface area contributed by atoms with Crippen LogP contribution in [0.25, 0.3) is 10.9 Å². The number of ether oxygens (including phenoxy) is 1. The van der Waals surface area contributed by atoms with Crippen LogP contribution >= 0.6 is 31.9 Å². The van der Waals surface area contributed by atoms with E-state index >= 15 is 0 Å². The van der Waals surface area contributed by atoms with Crippen LogP contribution in [0.3, 0.4) is 0 Å². The first-order chi connectivity index (χ1) is 15.9. The van der Waals surface area contributed by atoms with Gasteiger partial charge in [-0.15, -0.1) is 0 Å². The van der Waals surface area contributed by atoms with Crippen LogP contribution in [0.15, 0.2) is 45.3 Å². The Bertz CT molecular complexity index is 1100. The fourth-order valence-corrected chi connectivity index (χ4v) is 5.79. The number of fused-ring (bicyclic) bond motifs is 1. The molecule has 0 radical (unpaired) electrons. The molecule has 184 valence electrons. The summed E-state index contributed by atoms with van der Waals surface area (Å²) in [7, 11) is 5.77. The molecule has 0 saturated heterocycles. The minimum absolute atomic E-state index is 0. The van der Waals surface area contributed by atoms with Gasteiger partial charge in [0.2, 0.25) is 5.95 Å². The molecule has 34 heavy (non-hydrogen) atoms. The Morgan fingerprint density at radius 2 is 1.79 bits per heavy atom. The van der Waals surface area contributed by atoms with Gasteiger partial charge in [0.25, 0.3) is 0 Å². The number of para-hydroxylation sites is 1. The fraction of sp³-hybridized carbons (Fsp3) is 0.462. The summed E-state index contributed by atoms with van der Waals surface area (Å²) in [6.45, 7) is 1.70. The molecule has 3 aromatic rings. The van der Waals surface area contributed by atoms with Crippen molar-refractivity contribution in [3.8, 4) is 5.75 Å². The van der Waals surface area contributed by atoms with Crippen molar-refractivity contribution in [2.45, 2.75) is 45.7 Å². The standard InChI is InChI=1S/C25H31Br2N5O.CH4/c1-32(2)24-19-6-4-5-7-22(19)30-25(31-24)29-14-16-8-10-18(11-9-16)28-15-20-21(27)12-17(26)13-23(20)33-3;/h4-7,12-13,16,18,28H,8-11,14-15H2,1-3H3,(H,29,30,31);1H4. The highest BCUT2D eigenvalue weighted by molar-refractivity contribution is 9.11. The summed E-state index contributed by atoms with van der Waals surface area (Å²) in [6, 6.07) is 12.8. The summed E-state index contributed by atoms with van der Waals surface area (Å²) in [5, 5.41) is 8.31. The normalized spacial score (nSPS) is 17.8. The number of methoxy groups -OCH3 is 1. The number of nitrogens with one attached hydrogen (secondary N) is 2. The van der Waals surface area contributed by atoms with Gasteiger partial charge in [0.1, 0.15) is 11.6 Å². The monoisotopic (exact) mass is 591 g/mol. The minimum Gasteiger partial charge on any atom is -0.496 e. The largest absolute Gasteiger partial charge is 0.496 e. The molecule has 1 saturated carbocycles. The number of hydrogen-bond acceptors (Lipinski definition) is 6. The molecule has 8 heteroatoms. The zero-order valence-corrected chi connectivity index (χ0v) is 22.5. The number of aromatic nitrogens is 2. The molecule has 0 bridgehead atoms. The smallest absolute Gasteiger partial charge is 0.225 e. The lowest BCUT2D eigenvalue weighted by atomic mass is 9.86. The third-order valence-corrected chi connectivity index (χ3v) is 7.47. The minimum atomic E-state index is 0. The van der Waals surface area contributed by atoms with Crippen molar-refractivity contribution in [3.63, 3.8) is 0 Å². The number of rotatable bonds is 8. The van der Waals surface area contributed by atoms with E-state index in [1.54, 1.807) is 7.11 Å². The maximum Gasteiger partial charge on any atom is 0.225 e. The number of nitrogens with zero attached hydrogens (tertiary/aromatic N) is 3. The molecule has 1 fully saturated rings. The number of benzene rings is 2. The quantitative estimate of drug-likeness (QED) is 0.306. The molecule has 2 aromatic carbocycles.